The van der Waals surface area contributed by atoms with Gasteiger partial charge in [0, 0.05) is 6.04 Å². The van der Waals surface area contributed by atoms with E-state index < -0.39 is 12.1 Å². The maximum absolute atomic E-state index is 12.5. The van der Waals surface area contributed by atoms with Gasteiger partial charge >= 0.3 is 6.18 Å². The molecule has 0 radical (unpaired) electrons. The Morgan fingerprint density at radius 1 is 1.12 bits per heavy atom. The molecule has 102 valence electrons. The highest BCUT2D eigenvalue weighted by molar-refractivity contribution is 4.83. The van der Waals surface area contributed by atoms with Gasteiger partial charge in [0.1, 0.15) is 0 Å². The van der Waals surface area contributed by atoms with Gasteiger partial charge in [-0.2, -0.15) is 13.2 Å². The summed E-state index contributed by atoms with van der Waals surface area (Å²) in [5, 5.41) is 3.46. The smallest absolute Gasteiger partial charge is 0.314 e. The Morgan fingerprint density at radius 3 is 2.12 bits per heavy atom. The fourth-order valence-corrected chi connectivity index (χ4v) is 2.82. The molecule has 1 nitrogen and oxygen atoms in total. The fraction of sp³-hybridized carbons (Fsp3) is 1.00. The maximum atomic E-state index is 12.5. The van der Waals surface area contributed by atoms with Crippen LogP contribution in [0.1, 0.15) is 52.4 Å². The Bertz CT molecular complexity index is 207. The summed E-state index contributed by atoms with van der Waals surface area (Å²) in [7, 11) is 0. The molecule has 0 aromatic rings. The van der Waals surface area contributed by atoms with E-state index in [1.807, 2.05) is 0 Å². The van der Waals surface area contributed by atoms with Gasteiger partial charge < -0.3 is 5.32 Å². The first-order valence-corrected chi connectivity index (χ1v) is 6.79. The lowest BCUT2D eigenvalue weighted by Gasteiger charge is -2.34. The highest BCUT2D eigenvalue weighted by Gasteiger charge is 2.42. The lowest BCUT2D eigenvalue weighted by atomic mass is 9.77. The van der Waals surface area contributed by atoms with Crippen LogP contribution >= 0.6 is 0 Å². The minimum Gasteiger partial charge on any atom is -0.314 e. The van der Waals surface area contributed by atoms with Crippen molar-refractivity contribution in [3.63, 3.8) is 0 Å². The maximum Gasteiger partial charge on any atom is 0.391 e. The minimum atomic E-state index is -3.98. The molecule has 0 heterocycles. The van der Waals surface area contributed by atoms with Gasteiger partial charge in [0.2, 0.25) is 0 Å². The summed E-state index contributed by atoms with van der Waals surface area (Å²) < 4.78 is 37.6. The van der Waals surface area contributed by atoms with Gasteiger partial charge in [-0.1, -0.05) is 13.8 Å². The number of hydrogen-bond donors (Lipinski definition) is 1. The van der Waals surface area contributed by atoms with E-state index in [4.69, 9.17) is 0 Å². The van der Waals surface area contributed by atoms with Crippen molar-refractivity contribution in [1.29, 1.82) is 0 Å². The number of hydrogen-bond acceptors (Lipinski definition) is 1. The monoisotopic (exact) mass is 251 g/mol. The molecule has 1 unspecified atom stereocenters. The van der Waals surface area contributed by atoms with Crippen molar-refractivity contribution < 1.29 is 13.2 Å². The van der Waals surface area contributed by atoms with E-state index in [1.54, 1.807) is 0 Å². The predicted octanol–water partition coefficient (Wildman–Crippen LogP) is 4.13. The third-order valence-electron chi connectivity index (χ3n) is 3.90. The number of alkyl halides is 3. The van der Waals surface area contributed by atoms with Gasteiger partial charge in [0.05, 0.1) is 5.92 Å². The molecule has 1 aliphatic rings. The zero-order valence-electron chi connectivity index (χ0n) is 10.8. The van der Waals surface area contributed by atoms with E-state index in [0.717, 1.165) is 32.2 Å². The van der Waals surface area contributed by atoms with Crippen LogP contribution in [0.25, 0.3) is 0 Å². The Kier molecular flexibility index (Phi) is 5.77. The van der Waals surface area contributed by atoms with E-state index in [1.165, 1.54) is 0 Å². The fourth-order valence-electron chi connectivity index (χ4n) is 2.82. The van der Waals surface area contributed by atoms with E-state index in [-0.39, 0.29) is 0 Å². The summed E-state index contributed by atoms with van der Waals surface area (Å²) in [4.78, 5) is 0. The molecule has 0 aromatic heterocycles. The first-order valence-electron chi connectivity index (χ1n) is 6.79. The van der Waals surface area contributed by atoms with E-state index >= 15 is 0 Å². The summed E-state index contributed by atoms with van der Waals surface area (Å²) in [6, 6.07) is 0.407. The van der Waals surface area contributed by atoms with Crippen LogP contribution in [0.5, 0.6) is 0 Å². The van der Waals surface area contributed by atoms with Crippen molar-refractivity contribution in [3.05, 3.63) is 0 Å². The molecule has 1 saturated carbocycles. The molecule has 1 aliphatic carbocycles. The highest BCUT2D eigenvalue weighted by atomic mass is 19.4. The van der Waals surface area contributed by atoms with E-state index in [9.17, 15) is 13.2 Å². The van der Waals surface area contributed by atoms with Crippen LogP contribution in [0, 0.1) is 11.8 Å². The summed E-state index contributed by atoms with van der Waals surface area (Å²) in [5.41, 5.74) is 0. The quantitative estimate of drug-likeness (QED) is 0.774. The van der Waals surface area contributed by atoms with Crippen LogP contribution in [-0.4, -0.2) is 18.8 Å². The lowest BCUT2D eigenvalue weighted by molar-refractivity contribution is -0.184. The van der Waals surface area contributed by atoms with Crippen molar-refractivity contribution in [1.82, 2.24) is 5.32 Å². The van der Waals surface area contributed by atoms with Gasteiger partial charge in [0.15, 0.2) is 0 Å². The molecule has 17 heavy (non-hydrogen) atoms. The standard InChI is InChI=1S/C13H24F3N/c1-3-9-17-12(4-2)10-5-7-11(8-6-10)13(14,15)16/h10-12,17H,3-9H2,1-2H3. The SMILES string of the molecule is CCCNC(CC)C1CCC(C(F)(F)F)CC1. The number of nitrogens with one attached hydrogen (secondary N) is 1. The summed E-state index contributed by atoms with van der Waals surface area (Å²) >= 11 is 0. The van der Waals surface area contributed by atoms with Gasteiger partial charge in [0.25, 0.3) is 0 Å². The van der Waals surface area contributed by atoms with Crippen molar-refractivity contribution in [2.24, 2.45) is 11.8 Å². The predicted molar refractivity (Wildman–Crippen MR) is 63.9 cm³/mol. The van der Waals surface area contributed by atoms with Gasteiger partial charge in [-0.05, 0) is 51.0 Å². The van der Waals surface area contributed by atoms with Crippen LogP contribution in [-0.2, 0) is 0 Å². The molecule has 0 amide bonds. The van der Waals surface area contributed by atoms with E-state index in [0.29, 0.717) is 24.8 Å². The number of rotatable bonds is 5. The normalized spacial score (nSPS) is 28.1. The molecule has 1 N–H and O–H groups in total. The Balaban J connectivity index is 2.39. The average Bonchev–Trinajstić information content (AvgIpc) is 2.29. The Labute approximate surface area is 102 Å². The summed E-state index contributed by atoms with van der Waals surface area (Å²) in [5.74, 6) is -0.618. The van der Waals surface area contributed by atoms with E-state index in [2.05, 4.69) is 19.2 Å². The molecule has 0 bridgehead atoms. The molecule has 0 saturated heterocycles. The van der Waals surface area contributed by atoms with Crippen LogP contribution < -0.4 is 5.32 Å². The molecule has 1 rings (SSSR count). The molecule has 0 aromatic carbocycles. The van der Waals surface area contributed by atoms with Crippen LogP contribution in [0.4, 0.5) is 13.2 Å². The van der Waals surface area contributed by atoms with Crippen molar-refractivity contribution in [3.8, 4) is 0 Å². The number of halogens is 3. The second-order valence-electron chi connectivity index (χ2n) is 5.12. The zero-order valence-corrected chi connectivity index (χ0v) is 10.8. The van der Waals surface area contributed by atoms with Crippen molar-refractivity contribution in [2.75, 3.05) is 6.54 Å². The second-order valence-corrected chi connectivity index (χ2v) is 5.12. The highest BCUT2D eigenvalue weighted by Crippen LogP contribution is 2.40. The molecular weight excluding hydrogens is 227 g/mol. The summed E-state index contributed by atoms with van der Waals surface area (Å²) in [6.45, 7) is 5.20. The molecule has 0 aliphatic heterocycles. The Morgan fingerprint density at radius 2 is 1.71 bits per heavy atom. The molecule has 0 spiro atoms. The molecular formula is C13H24F3N. The first-order chi connectivity index (χ1) is 7.99. The van der Waals surface area contributed by atoms with Crippen LogP contribution in [0.2, 0.25) is 0 Å². The van der Waals surface area contributed by atoms with Gasteiger partial charge in [-0.25, -0.2) is 0 Å². The topological polar surface area (TPSA) is 12.0 Å². The molecule has 1 atom stereocenters. The third kappa shape index (κ3) is 4.49. The van der Waals surface area contributed by atoms with Crippen molar-refractivity contribution in [2.45, 2.75) is 64.6 Å². The average molecular weight is 251 g/mol. The Hall–Kier alpha value is -0.250. The van der Waals surface area contributed by atoms with Crippen LogP contribution in [0.3, 0.4) is 0 Å². The lowest BCUT2D eigenvalue weighted by Crippen LogP contribution is -2.39. The van der Waals surface area contributed by atoms with Crippen LogP contribution in [0.15, 0.2) is 0 Å². The van der Waals surface area contributed by atoms with Gasteiger partial charge in [-0.3, -0.25) is 0 Å². The zero-order chi connectivity index (χ0) is 12.9. The minimum absolute atomic E-state index is 0.318. The molecule has 1 fully saturated rings. The summed E-state index contributed by atoms with van der Waals surface area (Å²) in [6.07, 6.45) is 0.189. The largest absolute Gasteiger partial charge is 0.391 e. The third-order valence-corrected chi connectivity index (χ3v) is 3.90. The second kappa shape index (κ2) is 6.62. The van der Waals surface area contributed by atoms with Gasteiger partial charge in [-0.15, -0.1) is 0 Å². The van der Waals surface area contributed by atoms with Crippen molar-refractivity contribution >= 4 is 0 Å². The first kappa shape index (κ1) is 14.8. The molecule has 4 heteroatoms.